The number of nitro groups is 1. The number of nitro benzene ring substituents is 1. The molecule has 3 aromatic rings. The third-order valence-electron chi connectivity index (χ3n) is 3.63. The Morgan fingerprint density at radius 3 is 2.50 bits per heavy atom. The lowest BCUT2D eigenvalue weighted by Gasteiger charge is -1.97. The van der Waals surface area contributed by atoms with Gasteiger partial charge in [0.15, 0.2) is 0 Å². The fourth-order valence-electron chi connectivity index (χ4n) is 2.40. The fourth-order valence-corrected chi connectivity index (χ4v) is 2.40. The number of nitrogens with zero attached hydrogens (tertiary/aromatic N) is 2. The van der Waals surface area contributed by atoms with Gasteiger partial charge in [-0.15, -0.1) is 0 Å². The maximum atomic E-state index is 12.0. The fraction of sp³-hybridized carbons (Fsp3) is 0.111. The minimum atomic E-state index is -0.462. The highest BCUT2D eigenvalue weighted by Gasteiger charge is 2.12. The largest absolute Gasteiger partial charge is 0.466 e. The molecule has 0 saturated carbocycles. The zero-order chi connectivity index (χ0) is 18.7. The summed E-state index contributed by atoms with van der Waals surface area (Å²) in [5.74, 6) is 1.76. The van der Waals surface area contributed by atoms with Crippen LogP contribution in [0, 0.1) is 24.0 Å². The normalized spacial score (nSPS) is 11.0. The molecule has 0 aliphatic carbocycles. The number of rotatable bonds is 5. The van der Waals surface area contributed by atoms with E-state index in [1.165, 1.54) is 18.3 Å². The van der Waals surface area contributed by atoms with Crippen molar-refractivity contribution in [3.63, 3.8) is 0 Å². The van der Waals surface area contributed by atoms with E-state index in [-0.39, 0.29) is 11.6 Å². The van der Waals surface area contributed by atoms with Gasteiger partial charge in [-0.2, -0.15) is 5.10 Å². The average molecular weight is 353 g/mol. The summed E-state index contributed by atoms with van der Waals surface area (Å²) in [6, 6.07) is 11.0. The molecule has 0 saturated heterocycles. The van der Waals surface area contributed by atoms with Gasteiger partial charge in [0.1, 0.15) is 23.0 Å². The van der Waals surface area contributed by atoms with Crippen LogP contribution in [-0.4, -0.2) is 17.0 Å². The molecule has 0 atom stereocenters. The van der Waals surface area contributed by atoms with E-state index in [0.717, 1.165) is 0 Å². The molecule has 0 bridgehead atoms. The van der Waals surface area contributed by atoms with Crippen LogP contribution in [0.1, 0.15) is 27.6 Å². The predicted octanol–water partition coefficient (Wildman–Crippen LogP) is 3.83. The lowest BCUT2D eigenvalue weighted by molar-refractivity contribution is -0.384. The number of amides is 1. The molecule has 0 fully saturated rings. The van der Waals surface area contributed by atoms with Crippen molar-refractivity contribution in [3.8, 4) is 11.3 Å². The van der Waals surface area contributed by atoms with Crippen LogP contribution >= 0.6 is 0 Å². The first-order valence-electron chi connectivity index (χ1n) is 7.69. The second-order valence-corrected chi connectivity index (χ2v) is 5.53. The van der Waals surface area contributed by atoms with Crippen LogP contribution in [-0.2, 0) is 0 Å². The minimum Gasteiger partial charge on any atom is -0.466 e. The summed E-state index contributed by atoms with van der Waals surface area (Å²) in [4.78, 5) is 22.2. The molecule has 26 heavy (non-hydrogen) atoms. The van der Waals surface area contributed by atoms with E-state index in [2.05, 4.69) is 10.5 Å². The van der Waals surface area contributed by atoms with E-state index in [1.54, 1.807) is 44.2 Å². The summed E-state index contributed by atoms with van der Waals surface area (Å²) < 4.78 is 10.9. The van der Waals surface area contributed by atoms with E-state index in [4.69, 9.17) is 8.83 Å². The van der Waals surface area contributed by atoms with Gasteiger partial charge in [0, 0.05) is 17.7 Å². The highest BCUT2D eigenvalue weighted by molar-refractivity contribution is 5.95. The lowest BCUT2D eigenvalue weighted by Crippen LogP contribution is -2.17. The summed E-state index contributed by atoms with van der Waals surface area (Å²) in [6.45, 7) is 3.46. The number of hydrazone groups is 1. The van der Waals surface area contributed by atoms with Gasteiger partial charge in [0.25, 0.3) is 11.6 Å². The standard InChI is InChI=1S/C18H15N3O5/c1-11-9-16(12(2)25-11)18(22)20-19-10-15-7-8-17(26-15)13-3-5-14(6-4-13)21(23)24/h3-10H,1-2H3,(H,20,22)/b19-10-. The van der Waals surface area contributed by atoms with Crippen molar-refractivity contribution in [2.45, 2.75) is 13.8 Å². The van der Waals surface area contributed by atoms with Crippen LogP contribution in [0.2, 0.25) is 0 Å². The van der Waals surface area contributed by atoms with Crippen LogP contribution in [0.3, 0.4) is 0 Å². The van der Waals surface area contributed by atoms with Crippen molar-refractivity contribution in [1.29, 1.82) is 0 Å². The number of aryl methyl sites for hydroxylation is 2. The van der Waals surface area contributed by atoms with Crippen molar-refractivity contribution in [3.05, 3.63) is 75.4 Å². The maximum Gasteiger partial charge on any atom is 0.274 e. The number of carbonyl (C=O) groups is 1. The molecular weight excluding hydrogens is 338 g/mol. The van der Waals surface area contributed by atoms with Gasteiger partial charge in [0.2, 0.25) is 0 Å². The molecule has 1 N–H and O–H groups in total. The van der Waals surface area contributed by atoms with Crippen LogP contribution in [0.5, 0.6) is 0 Å². The minimum absolute atomic E-state index is 0.00887. The predicted molar refractivity (Wildman–Crippen MR) is 94.0 cm³/mol. The van der Waals surface area contributed by atoms with Gasteiger partial charge in [-0.1, -0.05) is 0 Å². The smallest absolute Gasteiger partial charge is 0.274 e. The number of hydrogen-bond donors (Lipinski definition) is 1. The molecule has 1 aromatic carbocycles. The molecule has 0 spiro atoms. The Kier molecular flexibility index (Phi) is 4.66. The Labute approximate surface area is 148 Å². The van der Waals surface area contributed by atoms with Crippen molar-refractivity contribution < 1.29 is 18.6 Å². The quantitative estimate of drug-likeness (QED) is 0.426. The number of nitrogens with one attached hydrogen (secondary N) is 1. The highest BCUT2D eigenvalue weighted by atomic mass is 16.6. The van der Waals surface area contributed by atoms with Gasteiger partial charge in [-0.25, -0.2) is 5.43 Å². The second kappa shape index (κ2) is 7.06. The topological polar surface area (TPSA) is 111 Å². The molecule has 0 aliphatic rings. The van der Waals surface area contributed by atoms with Crippen LogP contribution < -0.4 is 5.43 Å². The van der Waals surface area contributed by atoms with E-state index in [1.807, 2.05) is 0 Å². The molecule has 0 aliphatic heterocycles. The summed E-state index contributed by atoms with van der Waals surface area (Å²) in [7, 11) is 0. The number of furan rings is 2. The van der Waals surface area contributed by atoms with Crippen LogP contribution in [0.15, 0.2) is 56.4 Å². The van der Waals surface area contributed by atoms with Crippen LogP contribution in [0.4, 0.5) is 5.69 Å². The van der Waals surface area contributed by atoms with Gasteiger partial charge in [0.05, 0.1) is 16.7 Å². The van der Waals surface area contributed by atoms with Crippen molar-refractivity contribution in [1.82, 2.24) is 5.43 Å². The molecule has 132 valence electrons. The molecular formula is C18H15N3O5. The maximum absolute atomic E-state index is 12.0. The highest BCUT2D eigenvalue weighted by Crippen LogP contribution is 2.24. The SMILES string of the molecule is Cc1cc(C(=O)N/N=C\c2ccc(-c3ccc([N+](=O)[O-])cc3)o2)c(C)o1. The molecule has 8 nitrogen and oxygen atoms in total. The zero-order valence-electron chi connectivity index (χ0n) is 14.1. The number of hydrogen-bond acceptors (Lipinski definition) is 6. The number of non-ortho nitro benzene ring substituents is 1. The Morgan fingerprint density at radius 2 is 1.88 bits per heavy atom. The van der Waals surface area contributed by atoms with E-state index in [0.29, 0.717) is 34.2 Å². The molecule has 3 rings (SSSR count). The average Bonchev–Trinajstić information content (AvgIpc) is 3.21. The zero-order valence-corrected chi connectivity index (χ0v) is 14.1. The molecule has 1 amide bonds. The van der Waals surface area contributed by atoms with Crippen LogP contribution in [0.25, 0.3) is 11.3 Å². The van der Waals surface area contributed by atoms with Gasteiger partial charge >= 0.3 is 0 Å². The Morgan fingerprint density at radius 1 is 1.15 bits per heavy atom. The first-order valence-corrected chi connectivity index (χ1v) is 7.69. The molecule has 2 heterocycles. The summed E-state index contributed by atoms with van der Waals surface area (Å²) in [5, 5.41) is 14.5. The van der Waals surface area contributed by atoms with E-state index in [9.17, 15) is 14.9 Å². The van der Waals surface area contributed by atoms with Gasteiger partial charge < -0.3 is 8.83 Å². The van der Waals surface area contributed by atoms with E-state index < -0.39 is 4.92 Å². The third kappa shape index (κ3) is 3.69. The van der Waals surface area contributed by atoms with Gasteiger partial charge in [-0.05, 0) is 44.2 Å². The Bertz CT molecular complexity index is 983. The first-order chi connectivity index (χ1) is 12.4. The number of carbonyl (C=O) groups excluding carboxylic acids is 1. The van der Waals surface area contributed by atoms with Crippen molar-refractivity contribution in [2.24, 2.45) is 5.10 Å². The van der Waals surface area contributed by atoms with Crippen molar-refractivity contribution >= 4 is 17.8 Å². The molecule has 0 unspecified atom stereocenters. The van der Waals surface area contributed by atoms with Crippen molar-refractivity contribution in [2.75, 3.05) is 0 Å². The second-order valence-electron chi connectivity index (χ2n) is 5.53. The first kappa shape index (κ1) is 17.2. The molecule has 2 aromatic heterocycles. The summed E-state index contributed by atoms with van der Waals surface area (Å²) in [6.07, 6.45) is 1.37. The molecule has 8 heteroatoms. The monoisotopic (exact) mass is 353 g/mol. The summed E-state index contributed by atoms with van der Waals surface area (Å²) >= 11 is 0. The summed E-state index contributed by atoms with van der Waals surface area (Å²) in [5.41, 5.74) is 3.53. The van der Waals surface area contributed by atoms with Gasteiger partial charge in [-0.3, -0.25) is 14.9 Å². The molecule has 0 radical (unpaired) electrons. The Hall–Kier alpha value is -3.68. The third-order valence-corrected chi connectivity index (χ3v) is 3.63. The Balaban J connectivity index is 1.66. The van der Waals surface area contributed by atoms with E-state index >= 15 is 0 Å². The number of benzene rings is 1. The lowest BCUT2D eigenvalue weighted by atomic mass is 10.1.